The normalized spacial score (nSPS) is 10.7. The topological polar surface area (TPSA) is 44.1 Å². The van der Waals surface area contributed by atoms with Crippen molar-refractivity contribution in [1.82, 2.24) is 9.55 Å². The van der Waals surface area contributed by atoms with Gasteiger partial charge < -0.3 is 9.30 Å². The Labute approximate surface area is 126 Å². The van der Waals surface area contributed by atoms with Gasteiger partial charge in [-0.25, -0.2) is 4.98 Å². The summed E-state index contributed by atoms with van der Waals surface area (Å²) in [6.07, 6.45) is 1.34. The van der Waals surface area contributed by atoms with Gasteiger partial charge in [-0.05, 0) is 30.3 Å². The molecule has 0 aliphatic heterocycles. The van der Waals surface area contributed by atoms with Crippen LogP contribution in [0, 0.1) is 0 Å². The summed E-state index contributed by atoms with van der Waals surface area (Å²) >= 11 is 5.90. The predicted octanol–water partition coefficient (Wildman–Crippen LogP) is 3.13. The van der Waals surface area contributed by atoms with E-state index in [0.717, 1.165) is 11.0 Å². The highest BCUT2D eigenvalue weighted by Crippen LogP contribution is 2.17. The van der Waals surface area contributed by atoms with Crippen molar-refractivity contribution in [2.45, 2.75) is 6.54 Å². The molecule has 0 amide bonds. The summed E-state index contributed by atoms with van der Waals surface area (Å²) in [5.74, 6) is 0.689. The summed E-state index contributed by atoms with van der Waals surface area (Å²) < 4.78 is 7.29. The van der Waals surface area contributed by atoms with Gasteiger partial charge in [0.05, 0.1) is 23.8 Å². The number of halogens is 1. The van der Waals surface area contributed by atoms with Crippen LogP contribution in [-0.2, 0) is 6.54 Å². The molecule has 0 unspecified atom stereocenters. The first-order valence-corrected chi connectivity index (χ1v) is 6.95. The molecule has 0 atom stereocenters. The van der Waals surface area contributed by atoms with E-state index in [4.69, 9.17) is 16.3 Å². The van der Waals surface area contributed by atoms with Gasteiger partial charge in [-0.3, -0.25) is 4.79 Å². The quantitative estimate of drug-likeness (QED) is 0.743. The highest BCUT2D eigenvalue weighted by atomic mass is 35.5. The number of aromatic nitrogens is 2. The standard InChI is InChI=1S/C16H13ClN2O2/c17-12-4-3-5-13(10-12)21-9-8-19-15-7-2-1-6-14(15)18-11-16(19)20/h1-7,10-11H,8-9H2. The second-order valence-corrected chi connectivity index (χ2v) is 4.98. The number of rotatable bonds is 4. The lowest BCUT2D eigenvalue weighted by Gasteiger charge is -2.10. The van der Waals surface area contributed by atoms with E-state index in [1.54, 1.807) is 16.7 Å². The van der Waals surface area contributed by atoms with Crippen molar-refractivity contribution < 1.29 is 4.74 Å². The predicted molar refractivity (Wildman–Crippen MR) is 83.0 cm³/mol. The monoisotopic (exact) mass is 300 g/mol. The molecule has 1 aromatic heterocycles. The van der Waals surface area contributed by atoms with Gasteiger partial charge in [0, 0.05) is 5.02 Å². The van der Waals surface area contributed by atoms with E-state index in [2.05, 4.69) is 4.98 Å². The molecule has 0 fully saturated rings. The maximum atomic E-state index is 12.0. The van der Waals surface area contributed by atoms with Gasteiger partial charge in [0.15, 0.2) is 0 Å². The van der Waals surface area contributed by atoms with E-state index in [-0.39, 0.29) is 5.56 Å². The van der Waals surface area contributed by atoms with Crippen LogP contribution in [0.15, 0.2) is 59.5 Å². The minimum Gasteiger partial charge on any atom is -0.492 e. The molecule has 2 aromatic carbocycles. The lowest BCUT2D eigenvalue weighted by atomic mass is 10.3. The SMILES string of the molecule is O=c1cnc2ccccc2n1CCOc1cccc(Cl)c1. The number of hydrogen-bond acceptors (Lipinski definition) is 3. The third-order valence-electron chi connectivity index (χ3n) is 3.13. The third-order valence-corrected chi connectivity index (χ3v) is 3.37. The first-order chi connectivity index (χ1) is 10.2. The highest BCUT2D eigenvalue weighted by Gasteiger charge is 2.04. The van der Waals surface area contributed by atoms with E-state index in [1.165, 1.54) is 6.20 Å². The molecule has 0 radical (unpaired) electrons. The second kappa shape index (κ2) is 5.97. The van der Waals surface area contributed by atoms with Gasteiger partial charge in [-0.15, -0.1) is 0 Å². The summed E-state index contributed by atoms with van der Waals surface area (Å²) in [6.45, 7) is 0.836. The molecule has 21 heavy (non-hydrogen) atoms. The van der Waals surface area contributed by atoms with Crippen molar-refractivity contribution in [3.8, 4) is 5.75 Å². The average molecular weight is 301 g/mol. The van der Waals surface area contributed by atoms with Gasteiger partial charge in [0.1, 0.15) is 12.4 Å². The number of nitrogens with zero attached hydrogens (tertiary/aromatic N) is 2. The highest BCUT2D eigenvalue weighted by molar-refractivity contribution is 6.30. The van der Waals surface area contributed by atoms with Gasteiger partial charge in [-0.2, -0.15) is 0 Å². The lowest BCUT2D eigenvalue weighted by Crippen LogP contribution is -2.23. The Morgan fingerprint density at radius 2 is 2.00 bits per heavy atom. The number of fused-ring (bicyclic) bond motifs is 1. The summed E-state index contributed by atoms with van der Waals surface area (Å²) in [5.41, 5.74) is 1.46. The first kappa shape index (κ1) is 13.6. The summed E-state index contributed by atoms with van der Waals surface area (Å²) in [6, 6.07) is 14.7. The molecule has 1 heterocycles. The Morgan fingerprint density at radius 1 is 1.14 bits per heavy atom. The van der Waals surface area contributed by atoms with Gasteiger partial charge >= 0.3 is 0 Å². The minimum absolute atomic E-state index is 0.136. The maximum Gasteiger partial charge on any atom is 0.269 e. The van der Waals surface area contributed by atoms with Crippen LogP contribution in [0.25, 0.3) is 11.0 Å². The minimum atomic E-state index is -0.136. The van der Waals surface area contributed by atoms with Gasteiger partial charge in [0.2, 0.25) is 0 Å². The van der Waals surface area contributed by atoms with Crippen molar-refractivity contribution in [1.29, 1.82) is 0 Å². The zero-order chi connectivity index (χ0) is 14.7. The molecular weight excluding hydrogens is 288 g/mol. The van der Waals surface area contributed by atoms with Crippen LogP contribution < -0.4 is 10.3 Å². The molecule has 0 N–H and O–H groups in total. The Bertz CT molecular complexity index is 830. The molecule has 0 saturated heterocycles. The van der Waals surface area contributed by atoms with E-state index < -0.39 is 0 Å². The average Bonchev–Trinajstić information content (AvgIpc) is 2.50. The van der Waals surface area contributed by atoms with E-state index in [1.807, 2.05) is 36.4 Å². The van der Waals surface area contributed by atoms with Crippen molar-refractivity contribution in [2.75, 3.05) is 6.61 Å². The molecule has 0 aliphatic rings. The molecule has 0 bridgehead atoms. The molecule has 3 rings (SSSR count). The van der Waals surface area contributed by atoms with Crippen LogP contribution >= 0.6 is 11.6 Å². The number of para-hydroxylation sites is 2. The van der Waals surface area contributed by atoms with E-state index >= 15 is 0 Å². The fourth-order valence-electron chi connectivity index (χ4n) is 2.16. The molecule has 0 spiro atoms. The van der Waals surface area contributed by atoms with Crippen molar-refractivity contribution in [3.05, 3.63) is 70.1 Å². The van der Waals surface area contributed by atoms with Crippen molar-refractivity contribution >= 4 is 22.6 Å². The summed E-state index contributed by atoms with van der Waals surface area (Å²) in [5, 5.41) is 0.624. The molecule has 4 nitrogen and oxygen atoms in total. The van der Waals surface area contributed by atoms with Crippen LogP contribution in [0.5, 0.6) is 5.75 Å². The van der Waals surface area contributed by atoms with E-state index in [0.29, 0.717) is 23.9 Å². The van der Waals surface area contributed by atoms with Crippen LogP contribution in [0.2, 0.25) is 5.02 Å². The van der Waals surface area contributed by atoms with E-state index in [9.17, 15) is 4.79 Å². The van der Waals surface area contributed by atoms with Gasteiger partial charge in [0.25, 0.3) is 5.56 Å². The largest absolute Gasteiger partial charge is 0.492 e. The van der Waals surface area contributed by atoms with Crippen molar-refractivity contribution in [3.63, 3.8) is 0 Å². The molecule has 0 saturated carbocycles. The molecule has 106 valence electrons. The third kappa shape index (κ3) is 3.06. The smallest absolute Gasteiger partial charge is 0.269 e. The Hall–Kier alpha value is -2.33. The lowest BCUT2D eigenvalue weighted by molar-refractivity contribution is 0.298. The van der Waals surface area contributed by atoms with Crippen LogP contribution in [0.3, 0.4) is 0 Å². The summed E-state index contributed by atoms with van der Waals surface area (Å²) in [7, 11) is 0. The molecule has 0 aliphatic carbocycles. The van der Waals surface area contributed by atoms with Crippen LogP contribution in [0.1, 0.15) is 0 Å². The Kier molecular flexibility index (Phi) is 3.88. The zero-order valence-electron chi connectivity index (χ0n) is 11.2. The van der Waals surface area contributed by atoms with Crippen molar-refractivity contribution in [2.24, 2.45) is 0 Å². The van der Waals surface area contributed by atoms with Crippen LogP contribution in [0.4, 0.5) is 0 Å². The fraction of sp³-hybridized carbons (Fsp3) is 0.125. The molecular formula is C16H13ClN2O2. The molecule has 3 aromatic rings. The Morgan fingerprint density at radius 3 is 2.86 bits per heavy atom. The number of hydrogen-bond donors (Lipinski definition) is 0. The first-order valence-electron chi connectivity index (χ1n) is 6.57. The second-order valence-electron chi connectivity index (χ2n) is 4.54. The summed E-state index contributed by atoms with van der Waals surface area (Å²) in [4.78, 5) is 16.1. The van der Waals surface area contributed by atoms with Crippen LogP contribution in [-0.4, -0.2) is 16.2 Å². The fourth-order valence-corrected chi connectivity index (χ4v) is 2.34. The molecule has 5 heteroatoms. The number of benzene rings is 2. The zero-order valence-corrected chi connectivity index (χ0v) is 12.0. The Balaban J connectivity index is 1.79. The maximum absolute atomic E-state index is 12.0. The van der Waals surface area contributed by atoms with Gasteiger partial charge in [-0.1, -0.05) is 29.8 Å². The number of ether oxygens (including phenoxy) is 1.